The summed E-state index contributed by atoms with van der Waals surface area (Å²) in [5.74, 6) is -0.976. The Balaban J connectivity index is 2.27. The van der Waals surface area contributed by atoms with E-state index in [0.717, 1.165) is 25.1 Å². The van der Waals surface area contributed by atoms with Crippen LogP contribution >= 0.6 is 11.6 Å². The summed E-state index contributed by atoms with van der Waals surface area (Å²) in [7, 11) is 0. The molecule has 1 aliphatic rings. The van der Waals surface area contributed by atoms with Crippen LogP contribution in [-0.2, 0) is 0 Å². The van der Waals surface area contributed by atoms with Crippen LogP contribution in [0.4, 0.5) is 4.39 Å². The first kappa shape index (κ1) is 12.3. The van der Waals surface area contributed by atoms with E-state index in [2.05, 4.69) is 4.98 Å². The molecule has 1 aromatic rings. The number of hydrogen-bond donors (Lipinski definition) is 1. The average Bonchev–Trinajstić information content (AvgIpc) is 2.79. The lowest BCUT2D eigenvalue weighted by Gasteiger charge is -2.23. The number of likely N-dealkylation sites (tertiary alicyclic amines) is 1. The molecule has 1 aromatic heterocycles. The number of aliphatic hydroxyl groups excluding tert-OH is 1. The number of pyridine rings is 1. The zero-order valence-corrected chi connectivity index (χ0v) is 9.82. The molecular formula is C11H12ClFN2O2. The first-order chi connectivity index (χ1) is 8.13. The topological polar surface area (TPSA) is 53.4 Å². The molecule has 2 rings (SSSR count). The number of carbonyl (C=O) groups is 1. The minimum Gasteiger partial charge on any atom is -0.394 e. The fraction of sp³-hybridized carbons (Fsp3) is 0.455. The number of nitrogens with zero attached hydrogens (tertiary/aromatic N) is 2. The Morgan fingerprint density at radius 3 is 3.18 bits per heavy atom. The molecule has 1 aliphatic heterocycles. The molecule has 92 valence electrons. The predicted molar refractivity (Wildman–Crippen MR) is 60.3 cm³/mol. The van der Waals surface area contributed by atoms with Gasteiger partial charge in [0.25, 0.3) is 5.91 Å². The fourth-order valence-electron chi connectivity index (χ4n) is 2.02. The molecule has 0 radical (unpaired) electrons. The van der Waals surface area contributed by atoms with Crippen LogP contribution in [0.5, 0.6) is 0 Å². The highest BCUT2D eigenvalue weighted by Crippen LogP contribution is 2.22. The van der Waals surface area contributed by atoms with Gasteiger partial charge in [0.2, 0.25) is 0 Å². The van der Waals surface area contributed by atoms with Crippen LogP contribution in [0.15, 0.2) is 12.3 Å². The zero-order valence-electron chi connectivity index (χ0n) is 9.07. The summed E-state index contributed by atoms with van der Waals surface area (Å²) in [5.41, 5.74) is 0.0482. The Hall–Kier alpha value is -1.20. The SMILES string of the molecule is O=C(c1cc(F)cnc1Cl)N1CCC[C@H]1CO. The number of rotatable bonds is 2. The normalized spacial score (nSPS) is 19.7. The summed E-state index contributed by atoms with van der Waals surface area (Å²) in [6.45, 7) is 0.461. The number of amides is 1. The molecule has 1 fully saturated rings. The third-order valence-electron chi connectivity index (χ3n) is 2.88. The molecule has 1 saturated heterocycles. The van der Waals surface area contributed by atoms with Crippen molar-refractivity contribution in [1.82, 2.24) is 9.88 Å². The minimum absolute atomic E-state index is 0.0139. The van der Waals surface area contributed by atoms with Crippen LogP contribution < -0.4 is 0 Å². The lowest BCUT2D eigenvalue weighted by molar-refractivity contribution is 0.0677. The molecule has 0 bridgehead atoms. The van der Waals surface area contributed by atoms with Crippen molar-refractivity contribution in [1.29, 1.82) is 0 Å². The highest BCUT2D eigenvalue weighted by Gasteiger charge is 2.30. The van der Waals surface area contributed by atoms with Crippen molar-refractivity contribution in [2.24, 2.45) is 0 Å². The summed E-state index contributed by atoms with van der Waals surface area (Å²) >= 11 is 5.77. The molecule has 0 saturated carbocycles. The maximum atomic E-state index is 13.0. The van der Waals surface area contributed by atoms with Gasteiger partial charge < -0.3 is 10.0 Å². The van der Waals surface area contributed by atoms with Gasteiger partial charge >= 0.3 is 0 Å². The van der Waals surface area contributed by atoms with Crippen LogP contribution in [0.1, 0.15) is 23.2 Å². The van der Waals surface area contributed by atoms with Gasteiger partial charge in [-0.1, -0.05) is 11.6 Å². The van der Waals surface area contributed by atoms with Crippen molar-refractivity contribution in [2.75, 3.05) is 13.2 Å². The van der Waals surface area contributed by atoms with Crippen molar-refractivity contribution < 1.29 is 14.3 Å². The molecule has 1 amide bonds. The molecule has 2 heterocycles. The molecule has 0 aliphatic carbocycles. The molecule has 6 heteroatoms. The van der Waals surface area contributed by atoms with Gasteiger partial charge in [0, 0.05) is 6.54 Å². The maximum absolute atomic E-state index is 13.0. The predicted octanol–water partition coefficient (Wildman–Crippen LogP) is 1.47. The van der Waals surface area contributed by atoms with Gasteiger partial charge in [-0.25, -0.2) is 9.37 Å². The first-order valence-corrected chi connectivity index (χ1v) is 5.74. The van der Waals surface area contributed by atoms with Gasteiger partial charge in [-0.15, -0.1) is 0 Å². The lowest BCUT2D eigenvalue weighted by Crippen LogP contribution is -2.37. The van der Waals surface area contributed by atoms with Crippen LogP contribution in [0.2, 0.25) is 5.15 Å². The summed E-state index contributed by atoms with van der Waals surface area (Å²) in [4.78, 5) is 17.2. The third kappa shape index (κ3) is 2.40. The summed E-state index contributed by atoms with van der Waals surface area (Å²) in [5, 5.41) is 9.13. The Morgan fingerprint density at radius 2 is 2.47 bits per heavy atom. The molecular weight excluding hydrogens is 247 g/mol. The molecule has 4 nitrogen and oxygen atoms in total. The maximum Gasteiger partial charge on any atom is 0.257 e. The zero-order chi connectivity index (χ0) is 12.4. The Morgan fingerprint density at radius 1 is 1.71 bits per heavy atom. The van der Waals surface area contributed by atoms with Crippen molar-refractivity contribution in [3.8, 4) is 0 Å². The fourth-order valence-corrected chi connectivity index (χ4v) is 2.20. The standard InChI is InChI=1S/C11H12ClFN2O2/c12-10-9(4-7(13)5-14-10)11(17)15-3-1-2-8(15)6-16/h4-5,8,16H,1-3,6H2/t8-/m0/s1. The van der Waals surface area contributed by atoms with E-state index in [0.29, 0.717) is 6.54 Å². The summed E-state index contributed by atoms with van der Waals surface area (Å²) in [6.07, 6.45) is 2.55. The number of aliphatic hydroxyl groups is 1. The third-order valence-corrected chi connectivity index (χ3v) is 3.19. The van der Waals surface area contributed by atoms with Crippen molar-refractivity contribution in [2.45, 2.75) is 18.9 Å². The second kappa shape index (κ2) is 4.98. The number of aromatic nitrogens is 1. The first-order valence-electron chi connectivity index (χ1n) is 5.36. The summed E-state index contributed by atoms with van der Waals surface area (Å²) < 4.78 is 13.0. The van der Waals surface area contributed by atoms with Crippen molar-refractivity contribution >= 4 is 17.5 Å². The van der Waals surface area contributed by atoms with Crippen LogP contribution in [0.3, 0.4) is 0 Å². The Kier molecular flexibility index (Phi) is 3.59. The lowest BCUT2D eigenvalue weighted by atomic mass is 10.2. The van der Waals surface area contributed by atoms with E-state index in [9.17, 15) is 9.18 Å². The smallest absolute Gasteiger partial charge is 0.257 e. The van der Waals surface area contributed by atoms with Crippen molar-refractivity contribution in [3.63, 3.8) is 0 Å². The van der Waals surface area contributed by atoms with E-state index in [1.54, 1.807) is 0 Å². The number of carbonyl (C=O) groups excluding carboxylic acids is 1. The quantitative estimate of drug-likeness (QED) is 0.818. The van der Waals surface area contributed by atoms with Gasteiger partial charge in [0.05, 0.1) is 24.4 Å². The van der Waals surface area contributed by atoms with Gasteiger partial charge in [-0.05, 0) is 18.9 Å². The highest BCUT2D eigenvalue weighted by molar-refractivity contribution is 6.32. The van der Waals surface area contributed by atoms with Gasteiger partial charge in [0.15, 0.2) is 0 Å². The molecule has 1 atom stereocenters. The largest absolute Gasteiger partial charge is 0.394 e. The molecule has 1 N–H and O–H groups in total. The molecule has 0 aromatic carbocycles. The molecule has 17 heavy (non-hydrogen) atoms. The molecule has 0 spiro atoms. The van der Waals surface area contributed by atoms with Gasteiger partial charge in [-0.3, -0.25) is 4.79 Å². The Bertz CT molecular complexity index is 441. The van der Waals surface area contributed by atoms with E-state index in [-0.39, 0.29) is 29.3 Å². The average molecular weight is 259 g/mol. The second-order valence-corrected chi connectivity index (χ2v) is 4.33. The summed E-state index contributed by atoms with van der Waals surface area (Å²) in [6, 6.07) is 0.867. The highest BCUT2D eigenvalue weighted by atomic mass is 35.5. The van der Waals surface area contributed by atoms with E-state index in [1.807, 2.05) is 0 Å². The van der Waals surface area contributed by atoms with Gasteiger partial charge in [-0.2, -0.15) is 0 Å². The van der Waals surface area contributed by atoms with E-state index >= 15 is 0 Å². The monoisotopic (exact) mass is 258 g/mol. The number of hydrogen-bond acceptors (Lipinski definition) is 3. The number of halogens is 2. The van der Waals surface area contributed by atoms with E-state index in [1.165, 1.54) is 4.90 Å². The second-order valence-electron chi connectivity index (χ2n) is 3.97. The molecule has 0 unspecified atom stereocenters. The van der Waals surface area contributed by atoms with Crippen molar-refractivity contribution in [3.05, 3.63) is 28.8 Å². The van der Waals surface area contributed by atoms with Gasteiger partial charge in [0.1, 0.15) is 11.0 Å². The van der Waals surface area contributed by atoms with E-state index < -0.39 is 5.82 Å². The van der Waals surface area contributed by atoms with Crippen LogP contribution in [-0.4, -0.2) is 40.1 Å². The van der Waals surface area contributed by atoms with E-state index in [4.69, 9.17) is 16.7 Å². The Labute approximate surface area is 103 Å². The van der Waals surface area contributed by atoms with Crippen LogP contribution in [0, 0.1) is 5.82 Å². The van der Waals surface area contributed by atoms with Crippen LogP contribution in [0.25, 0.3) is 0 Å². The minimum atomic E-state index is -0.600.